The lowest BCUT2D eigenvalue weighted by Crippen LogP contribution is -2.36. The minimum Gasteiger partial charge on any atom is -0.378 e. The van der Waals surface area contributed by atoms with Gasteiger partial charge in [-0.2, -0.15) is 0 Å². The van der Waals surface area contributed by atoms with Gasteiger partial charge in [-0.15, -0.1) is 0 Å². The third-order valence-corrected chi connectivity index (χ3v) is 6.60. The van der Waals surface area contributed by atoms with Gasteiger partial charge in [0.2, 0.25) is 0 Å². The zero-order valence-electron chi connectivity index (χ0n) is 14.7. The fourth-order valence-corrected chi connectivity index (χ4v) is 5.71. The van der Waals surface area contributed by atoms with E-state index < -0.39 is 0 Å². The van der Waals surface area contributed by atoms with E-state index >= 15 is 0 Å². The summed E-state index contributed by atoms with van der Waals surface area (Å²) < 4.78 is 0. The molecule has 0 radical (unpaired) electrons. The lowest BCUT2D eigenvalue weighted by Gasteiger charge is -2.44. The average molecular weight is 310 g/mol. The molecule has 0 amide bonds. The number of fused-ring (bicyclic) bond motifs is 1. The molecule has 4 fully saturated rings. The van der Waals surface area contributed by atoms with Crippen LogP contribution in [0, 0.1) is 23.2 Å². The minimum absolute atomic E-state index is 0.541. The molecule has 23 heavy (non-hydrogen) atoms. The van der Waals surface area contributed by atoms with Gasteiger partial charge in [-0.25, -0.2) is 0 Å². The van der Waals surface area contributed by atoms with Gasteiger partial charge in [0.1, 0.15) is 0 Å². The highest BCUT2D eigenvalue weighted by Gasteiger charge is 2.47. The number of hydrogen-bond donors (Lipinski definition) is 0. The predicted molar refractivity (Wildman–Crippen MR) is 98.5 cm³/mol. The molecule has 0 heterocycles. The Balaban J connectivity index is 1.43. The normalized spacial score (nSPS) is 35.7. The van der Waals surface area contributed by atoms with Crippen LogP contribution in [0.25, 0.3) is 0 Å². The number of benzene rings is 1. The molecule has 2 atom stereocenters. The topological polar surface area (TPSA) is 15.6 Å². The third kappa shape index (κ3) is 3.18. The van der Waals surface area contributed by atoms with Crippen molar-refractivity contribution in [2.24, 2.45) is 28.2 Å². The third-order valence-electron chi connectivity index (χ3n) is 6.60. The molecule has 124 valence electrons. The van der Waals surface area contributed by atoms with Crippen LogP contribution in [-0.4, -0.2) is 26.9 Å². The van der Waals surface area contributed by atoms with E-state index in [0.29, 0.717) is 5.41 Å². The van der Waals surface area contributed by atoms with Crippen molar-refractivity contribution in [3.05, 3.63) is 29.8 Å². The summed E-state index contributed by atoms with van der Waals surface area (Å²) in [6.07, 6.45) is 12.5. The molecule has 2 nitrogen and oxygen atoms in total. The van der Waals surface area contributed by atoms with E-state index in [1.807, 2.05) is 0 Å². The molecule has 4 aliphatic rings. The molecule has 0 unspecified atom stereocenters. The van der Waals surface area contributed by atoms with Gasteiger partial charge in [-0.1, -0.05) is 12.1 Å². The van der Waals surface area contributed by atoms with Crippen LogP contribution >= 0.6 is 0 Å². The zero-order valence-corrected chi connectivity index (χ0v) is 14.7. The fourth-order valence-electron chi connectivity index (χ4n) is 5.71. The van der Waals surface area contributed by atoms with Crippen LogP contribution < -0.4 is 4.90 Å². The first kappa shape index (κ1) is 15.2. The van der Waals surface area contributed by atoms with Crippen molar-refractivity contribution in [2.75, 3.05) is 25.5 Å². The maximum Gasteiger partial charge on any atom is 0.0446 e. The van der Waals surface area contributed by atoms with Crippen molar-refractivity contribution in [2.45, 2.75) is 44.9 Å². The summed E-state index contributed by atoms with van der Waals surface area (Å²) in [7, 11) is 4.16. The number of nitrogens with zero attached hydrogens (tertiary/aromatic N) is 2. The largest absolute Gasteiger partial charge is 0.378 e. The predicted octanol–water partition coefficient (Wildman–Crippen LogP) is 4.78. The summed E-state index contributed by atoms with van der Waals surface area (Å²) in [5.41, 5.74) is 3.02. The molecule has 1 aromatic carbocycles. The second-order valence-corrected chi connectivity index (χ2v) is 8.71. The number of hydrogen-bond acceptors (Lipinski definition) is 2. The summed E-state index contributed by atoms with van der Waals surface area (Å²) in [6, 6.07) is 8.72. The van der Waals surface area contributed by atoms with Gasteiger partial charge in [0.25, 0.3) is 0 Å². The molecule has 0 aliphatic heterocycles. The van der Waals surface area contributed by atoms with Crippen LogP contribution in [-0.2, 0) is 0 Å². The summed E-state index contributed by atoms with van der Waals surface area (Å²) in [5.74, 6) is 3.08. The van der Waals surface area contributed by atoms with Gasteiger partial charge in [0, 0.05) is 32.5 Å². The van der Waals surface area contributed by atoms with E-state index in [9.17, 15) is 0 Å². The van der Waals surface area contributed by atoms with Crippen molar-refractivity contribution < 1.29 is 0 Å². The first-order chi connectivity index (χ1) is 11.1. The molecule has 4 aliphatic carbocycles. The number of rotatable bonds is 4. The molecule has 4 saturated carbocycles. The SMILES string of the molecule is CN(C)c1ccc(C=NCC23CCC4C[C@@H](C[C@H](C4)C2)C3)cc1. The van der Waals surface area contributed by atoms with E-state index in [1.54, 1.807) is 0 Å². The zero-order chi connectivity index (χ0) is 15.9. The van der Waals surface area contributed by atoms with Gasteiger partial charge in [0.05, 0.1) is 0 Å². The van der Waals surface area contributed by atoms with Crippen molar-refractivity contribution in [3.8, 4) is 0 Å². The van der Waals surface area contributed by atoms with Crippen LogP contribution in [0.2, 0.25) is 0 Å². The Hall–Kier alpha value is -1.31. The molecule has 0 spiro atoms. The molecule has 4 bridgehead atoms. The second kappa shape index (κ2) is 5.96. The van der Waals surface area contributed by atoms with E-state index in [1.165, 1.54) is 56.2 Å². The maximum atomic E-state index is 4.91. The standard InChI is InChI=1S/C21H30N2/c1-23(2)20-5-3-16(4-6-20)14-22-15-21-8-7-17-9-18(12-21)11-19(10-17)13-21/h3-6,14,17-19H,7-13,15H2,1-2H3/t17?,18-,19-,21?/m0/s1. The van der Waals surface area contributed by atoms with E-state index in [4.69, 9.17) is 4.99 Å². The molecular formula is C21H30N2. The smallest absolute Gasteiger partial charge is 0.0446 e. The monoisotopic (exact) mass is 310 g/mol. The molecule has 0 saturated heterocycles. The first-order valence-electron chi connectivity index (χ1n) is 9.39. The summed E-state index contributed by atoms with van der Waals surface area (Å²) in [6.45, 7) is 1.06. The van der Waals surface area contributed by atoms with Crippen LogP contribution in [0.1, 0.15) is 50.5 Å². The van der Waals surface area contributed by atoms with Gasteiger partial charge in [-0.3, -0.25) is 4.99 Å². The fraction of sp³-hybridized carbons (Fsp3) is 0.667. The lowest BCUT2D eigenvalue weighted by atomic mass is 9.61. The van der Waals surface area contributed by atoms with Crippen molar-refractivity contribution in [1.29, 1.82) is 0 Å². The van der Waals surface area contributed by atoms with Crippen LogP contribution in [0.15, 0.2) is 29.3 Å². The summed E-state index contributed by atoms with van der Waals surface area (Å²) >= 11 is 0. The van der Waals surface area contributed by atoms with E-state index in [2.05, 4.69) is 49.5 Å². The number of anilines is 1. The molecule has 0 aromatic heterocycles. The van der Waals surface area contributed by atoms with E-state index in [0.717, 1.165) is 24.3 Å². The highest BCUT2D eigenvalue weighted by molar-refractivity contribution is 5.80. The van der Waals surface area contributed by atoms with Gasteiger partial charge in [-0.05, 0) is 85.8 Å². The Labute approximate surface area is 141 Å². The Morgan fingerprint density at radius 1 is 1.04 bits per heavy atom. The van der Waals surface area contributed by atoms with Gasteiger partial charge >= 0.3 is 0 Å². The molecule has 2 heteroatoms. The quantitative estimate of drug-likeness (QED) is 0.731. The molecule has 0 N–H and O–H groups in total. The lowest BCUT2D eigenvalue weighted by molar-refractivity contribution is 0.0728. The first-order valence-corrected chi connectivity index (χ1v) is 9.39. The Morgan fingerprint density at radius 2 is 1.70 bits per heavy atom. The second-order valence-electron chi connectivity index (χ2n) is 8.71. The Kier molecular flexibility index (Phi) is 3.95. The Morgan fingerprint density at radius 3 is 2.35 bits per heavy atom. The van der Waals surface area contributed by atoms with Crippen LogP contribution in [0.5, 0.6) is 0 Å². The highest BCUT2D eigenvalue weighted by Crippen LogP contribution is 2.57. The summed E-state index contributed by atoms with van der Waals surface area (Å²) in [5, 5.41) is 0. The Bertz CT molecular complexity index is 558. The van der Waals surface area contributed by atoms with Gasteiger partial charge < -0.3 is 4.90 Å². The summed E-state index contributed by atoms with van der Waals surface area (Å²) in [4.78, 5) is 7.05. The van der Waals surface area contributed by atoms with Crippen molar-refractivity contribution in [1.82, 2.24) is 0 Å². The highest BCUT2D eigenvalue weighted by atomic mass is 15.1. The van der Waals surface area contributed by atoms with Crippen molar-refractivity contribution >= 4 is 11.9 Å². The average Bonchev–Trinajstić information content (AvgIpc) is 2.72. The van der Waals surface area contributed by atoms with Crippen molar-refractivity contribution in [3.63, 3.8) is 0 Å². The minimum atomic E-state index is 0.541. The van der Waals surface area contributed by atoms with E-state index in [-0.39, 0.29) is 0 Å². The van der Waals surface area contributed by atoms with Gasteiger partial charge in [0.15, 0.2) is 0 Å². The van der Waals surface area contributed by atoms with Crippen LogP contribution in [0.3, 0.4) is 0 Å². The van der Waals surface area contributed by atoms with Crippen LogP contribution in [0.4, 0.5) is 5.69 Å². The molecule has 1 aromatic rings. The maximum absolute atomic E-state index is 4.91. The molecule has 5 rings (SSSR count). The number of aliphatic imine (C=N–C) groups is 1. The molecular weight excluding hydrogens is 280 g/mol.